The van der Waals surface area contributed by atoms with E-state index in [9.17, 15) is 18.0 Å². The highest BCUT2D eigenvalue weighted by atomic mass is 35.5. The molecular weight excluding hydrogens is 479 g/mol. The second kappa shape index (κ2) is 8.02. The number of ether oxygens (including phenoxy) is 2. The molecule has 0 unspecified atom stereocenters. The molecule has 4 aromatic rings. The van der Waals surface area contributed by atoms with Gasteiger partial charge in [-0.1, -0.05) is 17.7 Å². The van der Waals surface area contributed by atoms with Crippen molar-refractivity contribution >= 4 is 23.2 Å². The van der Waals surface area contributed by atoms with Crippen molar-refractivity contribution in [2.45, 2.75) is 6.18 Å². The lowest BCUT2D eigenvalue weighted by Crippen LogP contribution is -2.21. The first-order valence-corrected chi connectivity index (χ1v) is 9.98. The van der Waals surface area contributed by atoms with Crippen molar-refractivity contribution in [2.75, 3.05) is 12.1 Å². The number of pyridine rings is 1. The molecule has 0 atom stereocenters. The van der Waals surface area contributed by atoms with Crippen LogP contribution in [-0.2, 0) is 13.2 Å². The Hall–Kier alpha value is -4.13. The van der Waals surface area contributed by atoms with Crippen LogP contribution in [0.1, 0.15) is 16.1 Å². The van der Waals surface area contributed by atoms with Gasteiger partial charge in [0.15, 0.2) is 17.3 Å². The van der Waals surface area contributed by atoms with E-state index < -0.39 is 29.0 Å². The SMILES string of the molecule is Cn1nc(-c2cccc3c2OCO3)c(C(F)(F)F)c1C(=O)Nc1cnc(-n2nccn2)c(Cl)c1. The van der Waals surface area contributed by atoms with Crippen LogP contribution in [0.5, 0.6) is 11.5 Å². The van der Waals surface area contributed by atoms with E-state index in [1.807, 2.05) is 0 Å². The van der Waals surface area contributed by atoms with E-state index in [4.69, 9.17) is 21.1 Å². The molecule has 1 N–H and O–H groups in total. The standard InChI is InChI=1S/C20H13ClF3N7O3/c1-30-16(19(32)28-10-7-12(21)18(25-8-10)31-26-5-6-27-31)14(20(22,23)24)15(29-30)11-3-2-4-13-17(11)34-9-33-13/h2-8H,9H2,1H3,(H,28,32). The zero-order chi connectivity index (χ0) is 24.0. The van der Waals surface area contributed by atoms with Gasteiger partial charge in [0.05, 0.1) is 29.3 Å². The third-order valence-corrected chi connectivity index (χ3v) is 5.16. The lowest BCUT2D eigenvalue weighted by molar-refractivity contribution is -0.137. The zero-order valence-electron chi connectivity index (χ0n) is 17.2. The van der Waals surface area contributed by atoms with Crippen molar-refractivity contribution in [2.24, 2.45) is 7.05 Å². The van der Waals surface area contributed by atoms with E-state index in [0.29, 0.717) is 0 Å². The Morgan fingerprint density at radius 3 is 2.68 bits per heavy atom. The summed E-state index contributed by atoms with van der Waals surface area (Å²) in [7, 11) is 1.24. The summed E-state index contributed by atoms with van der Waals surface area (Å²) >= 11 is 6.19. The number of benzene rings is 1. The maximum Gasteiger partial charge on any atom is 0.420 e. The Bertz CT molecular complexity index is 1400. The predicted octanol–water partition coefficient (Wildman–Crippen LogP) is 3.72. The lowest BCUT2D eigenvalue weighted by Gasteiger charge is -2.12. The van der Waals surface area contributed by atoms with Crippen molar-refractivity contribution in [1.82, 2.24) is 29.8 Å². The second-order valence-corrected chi connectivity index (χ2v) is 7.44. The van der Waals surface area contributed by atoms with Crippen LogP contribution in [0, 0.1) is 0 Å². The lowest BCUT2D eigenvalue weighted by atomic mass is 10.0. The first-order chi connectivity index (χ1) is 16.2. The molecule has 174 valence electrons. The molecule has 5 rings (SSSR count). The third kappa shape index (κ3) is 3.69. The van der Waals surface area contributed by atoms with E-state index in [2.05, 4.69) is 25.6 Å². The monoisotopic (exact) mass is 491 g/mol. The number of hydrogen-bond donors (Lipinski definition) is 1. The van der Waals surface area contributed by atoms with Crippen molar-refractivity contribution in [3.63, 3.8) is 0 Å². The molecule has 0 aliphatic carbocycles. The number of anilines is 1. The molecule has 0 saturated carbocycles. The highest BCUT2D eigenvalue weighted by Gasteiger charge is 2.43. The Morgan fingerprint density at radius 2 is 1.97 bits per heavy atom. The summed E-state index contributed by atoms with van der Waals surface area (Å²) in [4.78, 5) is 18.2. The molecule has 0 bridgehead atoms. The van der Waals surface area contributed by atoms with Gasteiger partial charge in [0.2, 0.25) is 6.79 Å². The Morgan fingerprint density at radius 1 is 1.21 bits per heavy atom. The number of rotatable bonds is 4. The van der Waals surface area contributed by atoms with Crippen LogP contribution in [0.4, 0.5) is 18.9 Å². The summed E-state index contributed by atoms with van der Waals surface area (Å²) in [6.07, 6.45) is -0.830. The number of nitrogens with zero attached hydrogens (tertiary/aromatic N) is 6. The van der Waals surface area contributed by atoms with E-state index in [-0.39, 0.29) is 40.4 Å². The number of carbonyl (C=O) groups excluding carboxylic acids is 1. The van der Waals surface area contributed by atoms with Gasteiger partial charge in [-0.05, 0) is 18.2 Å². The Kier molecular flexibility index (Phi) is 5.12. The molecule has 1 amide bonds. The van der Waals surface area contributed by atoms with Crippen molar-refractivity contribution in [3.05, 3.63) is 59.1 Å². The maximum atomic E-state index is 14.2. The number of fused-ring (bicyclic) bond motifs is 1. The average Bonchev–Trinajstić information content (AvgIpc) is 3.52. The number of aromatic nitrogens is 6. The molecule has 0 fully saturated rings. The number of nitrogens with one attached hydrogen (secondary N) is 1. The molecule has 0 saturated heterocycles. The van der Waals surface area contributed by atoms with Gasteiger partial charge >= 0.3 is 6.18 Å². The Labute approximate surface area is 193 Å². The quantitative estimate of drug-likeness (QED) is 0.463. The number of halogens is 4. The third-order valence-electron chi connectivity index (χ3n) is 4.89. The van der Waals surface area contributed by atoms with Crippen molar-refractivity contribution in [1.29, 1.82) is 0 Å². The number of alkyl halides is 3. The summed E-state index contributed by atoms with van der Waals surface area (Å²) in [5, 5.41) is 14.3. The normalized spacial score (nSPS) is 12.7. The van der Waals surface area contributed by atoms with E-state index in [1.165, 1.54) is 43.8 Å². The number of carbonyl (C=O) groups is 1. The first kappa shape index (κ1) is 21.7. The number of para-hydroxylation sites is 1. The summed E-state index contributed by atoms with van der Waals surface area (Å²) in [6.45, 7) is -0.133. The van der Waals surface area contributed by atoms with Crippen LogP contribution < -0.4 is 14.8 Å². The minimum atomic E-state index is -4.90. The number of amides is 1. The van der Waals surface area contributed by atoms with Crippen molar-refractivity contribution in [3.8, 4) is 28.6 Å². The van der Waals surface area contributed by atoms with E-state index in [0.717, 1.165) is 9.48 Å². The average molecular weight is 492 g/mol. The molecule has 1 aliphatic rings. The van der Waals surface area contributed by atoms with Gasteiger partial charge in [-0.15, -0.1) is 4.80 Å². The molecule has 14 heteroatoms. The highest BCUT2D eigenvalue weighted by Crippen LogP contribution is 2.46. The van der Waals surface area contributed by atoms with Crippen LogP contribution in [0.2, 0.25) is 5.02 Å². The fourth-order valence-electron chi connectivity index (χ4n) is 3.52. The van der Waals surface area contributed by atoms with Gasteiger partial charge in [0.1, 0.15) is 17.0 Å². The summed E-state index contributed by atoms with van der Waals surface area (Å²) in [5.74, 6) is -0.462. The van der Waals surface area contributed by atoms with Gasteiger partial charge < -0.3 is 14.8 Å². The van der Waals surface area contributed by atoms with Crippen LogP contribution in [0.3, 0.4) is 0 Å². The molecule has 0 spiro atoms. The summed E-state index contributed by atoms with van der Waals surface area (Å²) in [5.41, 5.74) is -2.25. The predicted molar refractivity (Wildman–Crippen MR) is 112 cm³/mol. The molecule has 34 heavy (non-hydrogen) atoms. The largest absolute Gasteiger partial charge is 0.454 e. The summed E-state index contributed by atoms with van der Waals surface area (Å²) < 4.78 is 54.0. The fourth-order valence-corrected chi connectivity index (χ4v) is 3.76. The molecule has 1 aromatic carbocycles. The van der Waals surface area contributed by atoms with Crippen LogP contribution in [-0.4, -0.2) is 42.5 Å². The van der Waals surface area contributed by atoms with Gasteiger partial charge in [-0.3, -0.25) is 9.48 Å². The van der Waals surface area contributed by atoms with Gasteiger partial charge in [-0.25, -0.2) is 4.98 Å². The van der Waals surface area contributed by atoms with E-state index in [1.54, 1.807) is 6.07 Å². The topological polar surface area (TPSA) is 109 Å². The first-order valence-electron chi connectivity index (χ1n) is 9.61. The molecule has 1 aliphatic heterocycles. The van der Waals surface area contributed by atoms with Gasteiger partial charge in [0, 0.05) is 12.6 Å². The maximum absolute atomic E-state index is 14.2. The number of aryl methyl sites for hydroxylation is 1. The Balaban J connectivity index is 1.54. The smallest absolute Gasteiger partial charge is 0.420 e. The second-order valence-electron chi connectivity index (χ2n) is 7.04. The van der Waals surface area contributed by atoms with Gasteiger partial charge in [0.25, 0.3) is 5.91 Å². The fraction of sp³-hybridized carbons (Fsp3) is 0.150. The molecular formula is C20H13ClF3N7O3. The van der Waals surface area contributed by atoms with Crippen LogP contribution >= 0.6 is 11.6 Å². The minimum Gasteiger partial charge on any atom is -0.454 e. The van der Waals surface area contributed by atoms with E-state index >= 15 is 0 Å². The van der Waals surface area contributed by atoms with Crippen molar-refractivity contribution < 1.29 is 27.4 Å². The van der Waals surface area contributed by atoms with Gasteiger partial charge in [-0.2, -0.15) is 28.5 Å². The molecule has 10 nitrogen and oxygen atoms in total. The molecule has 0 radical (unpaired) electrons. The highest BCUT2D eigenvalue weighted by molar-refractivity contribution is 6.32. The zero-order valence-corrected chi connectivity index (χ0v) is 17.9. The van der Waals surface area contributed by atoms with Crippen LogP contribution in [0.15, 0.2) is 42.9 Å². The number of hydrogen-bond acceptors (Lipinski definition) is 7. The summed E-state index contributed by atoms with van der Waals surface area (Å²) in [6, 6.07) is 5.82. The minimum absolute atomic E-state index is 0.0535. The van der Waals surface area contributed by atoms with Crippen LogP contribution in [0.25, 0.3) is 17.1 Å². The molecule has 3 aromatic heterocycles. The molecule has 4 heterocycles.